The minimum Gasteiger partial charge on any atom is -0.341 e. The molecule has 2 aromatic heterocycles. The van der Waals surface area contributed by atoms with E-state index in [0.29, 0.717) is 24.8 Å². The second kappa shape index (κ2) is 9.53. The second-order valence-electron chi connectivity index (χ2n) is 8.25. The molecule has 0 bridgehead atoms. The summed E-state index contributed by atoms with van der Waals surface area (Å²) >= 11 is 0. The van der Waals surface area contributed by atoms with Gasteiger partial charge in [0.1, 0.15) is 0 Å². The summed E-state index contributed by atoms with van der Waals surface area (Å²) in [5, 5.41) is 8.62. The quantitative estimate of drug-likeness (QED) is 0.684. The van der Waals surface area contributed by atoms with Crippen molar-refractivity contribution in [2.45, 2.75) is 38.3 Å². The van der Waals surface area contributed by atoms with Crippen molar-refractivity contribution in [1.82, 2.24) is 34.3 Å². The van der Waals surface area contributed by atoms with Gasteiger partial charge in [-0.15, -0.1) is 5.10 Å². The lowest BCUT2D eigenvalue weighted by Crippen LogP contribution is -2.52. The minimum atomic E-state index is -0.0920. The molecule has 4 rings (SSSR count). The highest BCUT2D eigenvalue weighted by molar-refractivity contribution is 5.76. The van der Waals surface area contributed by atoms with Crippen LogP contribution in [0.3, 0.4) is 0 Å². The molecule has 0 radical (unpaired) electrons. The fourth-order valence-electron chi connectivity index (χ4n) is 4.30. The van der Waals surface area contributed by atoms with E-state index >= 15 is 0 Å². The van der Waals surface area contributed by atoms with Crippen LogP contribution in [-0.2, 0) is 11.3 Å². The number of likely N-dealkylation sites (tertiary alicyclic amines) is 1. The van der Waals surface area contributed by atoms with E-state index in [-0.39, 0.29) is 11.5 Å². The molecule has 2 fully saturated rings. The number of carbonyl (C=O) groups excluding carboxylic acids is 1. The van der Waals surface area contributed by atoms with Gasteiger partial charge >= 0.3 is 0 Å². The average Bonchev–Trinajstić information content (AvgIpc) is 3.25. The number of carbonyl (C=O) groups is 1. The normalized spacial score (nSPS) is 21.7. The molecule has 1 unspecified atom stereocenters. The Balaban J connectivity index is 1.27. The number of hydrogen-bond donors (Lipinski definition) is 0. The number of piperazine rings is 1. The summed E-state index contributed by atoms with van der Waals surface area (Å²) in [5.41, 5.74) is -0.0920. The van der Waals surface area contributed by atoms with Crippen LogP contribution in [0.1, 0.15) is 25.7 Å². The third kappa shape index (κ3) is 4.96. The van der Waals surface area contributed by atoms with Gasteiger partial charge in [-0.1, -0.05) is 6.42 Å². The molecule has 4 heterocycles. The number of aromatic nitrogens is 4. The SMILES string of the molecule is CN1C(=O)CCCCC1CN1CCN(CCn2nc(-n3cccn3)ccc2=O)CC1. The first-order valence-corrected chi connectivity index (χ1v) is 10.9. The lowest BCUT2D eigenvalue weighted by atomic mass is 10.1. The number of nitrogens with zero attached hydrogens (tertiary/aromatic N) is 7. The van der Waals surface area contributed by atoms with Crippen LogP contribution in [0.4, 0.5) is 0 Å². The van der Waals surface area contributed by atoms with Crippen molar-refractivity contribution in [2.24, 2.45) is 0 Å². The fourth-order valence-corrected chi connectivity index (χ4v) is 4.30. The van der Waals surface area contributed by atoms with Gasteiger partial charge in [-0.3, -0.25) is 19.4 Å². The largest absolute Gasteiger partial charge is 0.341 e. The molecule has 0 N–H and O–H groups in total. The summed E-state index contributed by atoms with van der Waals surface area (Å²) in [7, 11) is 1.96. The smallest absolute Gasteiger partial charge is 0.266 e. The zero-order valence-corrected chi connectivity index (χ0v) is 17.7. The van der Waals surface area contributed by atoms with E-state index in [0.717, 1.165) is 58.5 Å². The van der Waals surface area contributed by atoms with E-state index < -0.39 is 0 Å². The van der Waals surface area contributed by atoms with Crippen LogP contribution < -0.4 is 5.56 Å². The third-order valence-electron chi connectivity index (χ3n) is 6.27. The molecule has 0 spiro atoms. The topological polar surface area (TPSA) is 79.5 Å². The highest BCUT2D eigenvalue weighted by atomic mass is 16.2. The predicted octanol–water partition coefficient (Wildman–Crippen LogP) is 0.448. The fraction of sp³-hybridized carbons (Fsp3) is 0.619. The van der Waals surface area contributed by atoms with Gasteiger partial charge in [0, 0.05) is 77.2 Å². The van der Waals surface area contributed by atoms with E-state index in [4.69, 9.17) is 0 Å². The van der Waals surface area contributed by atoms with Crippen LogP contribution in [0.25, 0.3) is 5.82 Å². The summed E-state index contributed by atoms with van der Waals surface area (Å²) in [6.07, 6.45) is 7.46. The first-order valence-electron chi connectivity index (χ1n) is 10.9. The zero-order valence-electron chi connectivity index (χ0n) is 17.7. The second-order valence-corrected chi connectivity index (χ2v) is 8.25. The Morgan fingerprint density at radius 2 is 1.83 bits per heavy atom. The molecule has 9 nitrogen and oxygen atoms in total. The molecule has 1 amide bonds. The van der Waals surface area contributed by atoms with Crippen LogP contribution in [0.5, 0.6) is 0 Å². The van der Waals surface area contributed by atoms with Crippen LogP contribution in [0.2, 0.25) is 0 Å². The summed E-state index contributed by atoms with van der Waals surface area (Å²) in [6.45, 7) is 6.25. The van der Waals surface area contributed by atoms with Crippen molar-refractivity contribution < 1.29 is 4.79 Å². The van der Waals surface area contributed by atoms with Crippen molar-refractivity contribution in [1.29, 1.82) is 0 Å². The maximum absolute atomic E-state index is 12.2. The van der Waals surface area contributed by atoms with Gasteiger partial charge in [0.2, 0.25) is 5.91 Å². The zero-order chi connectivity index (χ0) is 20.9. The summed E-state index contributed by atoms with van der Waals surface area (Å²) in [4.78, 5) is 31.1. The highest BCUT2D eigenvalue weighted by Crippen LogP contribution is 2.18. The lowest BCUT2D eigenvalue weighted by molar-refractivity contribution is -0.131. The molecule has 9 heteroatoms. The van der Waals surface area contributed by atoms with Gasteiger partial charge in [-0.25, -0.2) is 9.36 Å². The first-order chi connectivity index (χ1) is 14.6. The average molecular weight is 414 g/mol. The summed E-state index contributed by atoms with van der Waals surface area (Å²) in [6, 6.07) is 5.41. The van der Waals surface area contributed by atoms with Crippen molar-refractivity contribution >= 4 is 5.91 Å². The molecule has 0 aliphatic carbocycles. The van der Waals surface area contributed by atoms with Gasteiger partial charge in [0.15, 0.2) is 5.82 Å². The molecule has 30 heavy (non-hydrogen) atoms. The van der Waals surface area contributed by atoms with Crippen LogP contribution in [0.15, 0.2) is 35.4 Å². The molecule has 1 atom stereocenters. The van der Waals surface area contributed by atoms with Crippen molar-refractivity contribution in [3.63, 3.8) is 0 Å². The number of rotatable bonds is 6. The summed E-state index contributed by atoms with van der Waals surface area (Å²) < 4.78 is 3.18. The summed E-state index contributed by atoms with van der Waals surface area (Å²) in [5.74, 6) is 0.929. The Bertz CT molecular complexity index is 887. The molecule has 2 saturated heterocycles. The standard InChI is InChI=1S/C21H31N7O2/c1-24-18(5-2-3-6-20(24)29)17-26-13-11-25(12-14-26)15-16-28-21(30)8-7-19(23-28)27-10-4-9-22-27/h4,7-10,18H,2-3,5-6,11-17H2,1H3. The highest BCUT2D eigenvalue weighted by Gasteiger charge is 2.26. The van der Waals surface area contributed by atoms with Gasteiger partial charge in [-0.2, -0.15) is 5.10 Å². The number of hydrogen-bond acceptors (Lipinski definition) is 6. The van der Waals surface area contributed by atoms with E-state index in [1.54, 1.807) is 23.0 Å². The lowest BCUT2D eigenvalue weighted by Gasteiger charge is -2.38. The molecule has 2 aromatic rings. The Labute approximate surface area is 176 Å². The van der Waals surface area contributed by atoms with Gasteiger partial charge in [0.05, 0.1) is 6.54 Å². The maximum Gasteiger partial charge on any atom is 0.266 e. The molecule has 162 valence electrons. The van der Waals surface area contributed by atoms with Gasteiger partial charge in [-0.05, 0) is 25.0 Å². The third-order valence-corrected chi connectivity index (χ3v) is 6.27. The van der Waals surface area contributed by atoms with Gasteiger partial charge in [0.25, 0.3) is 5.56 Å². The van der Waals surface area contributed by atoms with E-state index in [9.17, 15) is 9.59 Å². The Kier molecular flexibility index (Phi) is 6.59. The van der Waals surface area contributed by atoms with E-state index in [1.165, 1.54) is 4.68 Å². The molecule has 0 aromatic carbocycles. The van der Waals surface area contributed by atoms with Crippen LogP contribution in [0, 0.1) is 0 Å². The monoisotopic (exact) mass is 413 g/mol. The molecular weight excluding hydrogens is 382 g/mol. The van der Waals surface area contributed by atoms with Crippen molar-refractivity contribution in [2.75, 3.05) is 46.3 Å². The Hall–Kier alpha value is -2.52. The predicted molar refractivity (Wildman–Crippen MR) is 114 cm³/mol. The number of amides is 1. The van der Waals surface area contributed by atoms with Gasteiger partial charge < -0.3 is 4.90 Å². The molecule has 2 aliphatic heterocycles. The van der Waals surface area contributed by atoms with Crippen LogP contribution in [-0.4, -0.2) is 92.5 Å². The first kappa shape index (κ1) is 20.7. The van der Waals surface area contributed by atoms with Crippen molar-refractivity contribution in [3.05, 3.63) is 40.9 Å². The number of likely N-dealkylation sites (N-methyl/N-ethyl adjacent to an activating group) is 1. The Morgan fingerprint density at radius 1 is 1.03 bits per heavy atom. The Morgan fingerprint density at radius 3 is 2.60 bits per heavy atom. The van der Waals surface area contributed by atoms with Crippen LogP contribution >= 0.6 is 0 Å². The molecule has 0 saturated carbocycles. The van der Waals surface area contributed by atoms with E-state index in [1.807, 2.05) is 24.2 Å². The van der Waals surface area contributed by atoms with E-state index in [2.05, 4.69) is 20.0 Å². The molecular formula is C21H31N7O2. The maximum atomic E-state index is 12.2. The minimum absolute atomic E-state index is 0.0920. The molecule has 2 aliphatic rings. The van der Waals surface area contributed by atoms with Crippen molar-refractivity contribution in [3.8, 4) is 5.82 Å².